The fourth-order valence-electron chi connectivity index (χ4n) is 3.04. The van der Waals surface area contributed by atoms with Gasteiger partial charge in [-0.3, -0.25) is 0 Å². The van der Waals surface area contributed by atoms with Crippen LogP contribution in [0, 0.1) is 6.92 Å². The van der Waals surface area contributed by atoms with Gasteiger partial charge in [0.1, 0.15) is 17.2 Å². The van der Waals surface area contributed by atoms with E-state index in [2.05, 4.69) is 15.1 Å². The van der Waals surface area contributed by atoms with Gasteiger partial charge in [0.05, 0.1) is 18.3 Å². The van der Waals surface area contributed by atoms with Crippen molar-refractivity contribution in [3.63, 3.8) is 0 Å². The average molecular weight is 365 g/mol. The maximum absolute atomic E-state index is 10.1. The van der Waals surface area contributed by atoms with E-state index in [1.54, 1.807) is 4.68 Å². The molecule has 7 nitrogen and oxygen atoms in total. The molecule has 0 aromatic carbocycles. The minimum atomic E-state index is -0.452. The number of aliphatic hydroxyl groups excluding tert-OH is 1. The minimum Gasteiger partial charge on any atom is -0.458 e. The van der Waals surface area contributed by atoms with Crippen molar-refractivity contribution in [1.82, 2.24) is 24.1 Å². The van der Waals surface area contributed by atoms with Crippen molar-refractivity contribution in [2.24, 2.45) is 0 Å². The smallest absolute Gasteiger partial charge is 0.217 e. The van der Waals surface area contributed by atoms with Crippen LogP contribution in [0.4, 0.5) is 0 Å². The van der Waals surface area contributed by atoms with Crippen molar-refractivity contribution in [2.75, 3.05) is 0 Å². The summed E-state index contributed by atoms with van der Waals surface area (Å²) >= 11 is 0. The summed E-state index contributed by atoms with van der Waals surface area (Å²) < 4.78 is 9.46. The molecule has 4 rings (SSSR count). The SMILES string of the molecule is CCC(O)Cn1nc(-c2ccc(C)o2)nc1CCc1cn2ccccc2n1. The van der Waals surface area contributed by atoms with Gasteiger partial charge in [-0.05, 0) is 44.0 Å². The van der Waals surface area contributed by atoms with Crippen LogP contribution in [-0.4, -0.2) is 35.4 Å². The zero-order valence-electron chi connectivity index (χ0n) is 15.5. The summed E-state index contributed by atoms with van der Waals surface area (Å²) in [4.78, 5) is 9.30. The molecule has 0 amide bonds. The Morgan fingerprint density at radius 1 is 1.15 bits per heavy atom. The van der Waals surface area contributed by atoms with Crippen molar-refractivity contribution < 1.29 is 9.52 Å². The highest BCUT2D eigenvalue weighted by Crippen LogP contribution is 2.20. The monoisotopic (exact) mass is 365 g/mol. The summed E-state index contributed by atoms with van der Waals surface area (Å²) in [6.07, 6.45) is 5.68. The number of pyridine rings is 1. The van der Waals surface area contributed by atoms with E-state index in [9.17, 15) is 5.11 Å². The molecule has 0 aliphatic carbocycles. The van der Waals surface area contributed by atoms with E-state index in [0.717, 1.165) is 29.3 Å². The van der Waals surface area contributed by atoms with Crippen molar-refractivity contribution in [1.29, 1.82) is 0 Å². The van der Waals surface area contributed by atoms with Crippen molar-refractivity contribution >= 4 is 5.65 Å². The van der Waals surface area contributed by atoms with Gasteiger partial charge in [-0.1, -0.05) is 13.0 Å². The molecule has 0 fully saturated rings. The Kier molecular flexibility index (Phi) is 4.77. The van der Waals surface area contributed by atoms with Gasteiger partial charge in [-0.15, -0.1) is 5.10 Å². The predicted octanol–water partition coefficient (Wildman–Crippen LogP) is 3.05. The molecule has 0 aliphatic rings. The second-order valence-electron chi connectivity index (χ2n) is 6.70. The van der Waals surface area contributed by atoms with Gasteiger partial charge < -0.3 is 13.9 Å². The number of furan rings is 1. The lowest BCUT2D eigenvalue weighted by molar-refractivity contribution is 0.144. The van der Waals surface area contributed by atoms with E-state index < -0.39 is 6.10 Å². The van der Waals surface area contributed by atoms with Gasteiger partial charge in [0.2, 0.25) is 5.82 Å². The molecule has 0 bridgehead atoms. The van der Waals surface area contributed by atoms with E-state index in [0.29, 0.717) is 31.0 Å². The summed E-state index contributed by atoms with van der Waals surface area (Å²) in [7, 11) is 0. The van der Waals surface area contributed by atoms with Gasteiger partial charge in [0, 0.05) is 18.8 Å². The van der Waals surface area contributed by atoms with Crippen LogP contribution in [0.1, 0.15) is 30.6 Å². The highest BCUT2D eigenvalue weighted by Gasteiger charge is 2.16. The van der Waals surface area contributed by atoms with Crippen molar-refractivity contribution in [3.8, 4) is 11.6 Å². The second kappa shape index (κ2) is 7.36. The number of imidazole rings is 1. The number of fused-ring (bicyclic) bond motifs is 1. The van der Waals surface area contributed by atoms with E-state index in [-0.39, 0.29) is 0 Å². The lowest BCUT2D eigenvalue weighted by Gasteiger charge is -2.09. The Labute approximate surface area is 157 Å². The average Bonchev–Trinajstić information content (AvgIpc) is 3.37. The summed E-state index contributed by atoms with van der Waals surface area (Å²) in [5.74, 6) is 2.84. The maximum atomic E-state index is 10.1. The molecule has 1 atom stereocenters. The molecule has 140 valence electrons. The Balaban J connectivity index is 1.58. The normalized spacial score (nSPS) is 12.7. The highest BCUT2D eigenvalue weighted by molar-refractivity contribution is 5.46. The van der Waals surface area contributed by atoms with E-state index in [4.69, 9.17) is 4.42 Å². The molecule has 0 saturated carbocycles. The van der Waals surface area contributed by atoms with Gasteiger partial charge >= 0.3 is 0 Å². The number of nitrogens with zero attached hydrogens (tertiary/aromatic N) is 5. The highest BCUT2D eigenvalue weighted by atomic mass is 16.3. The minimum absolute atomic E-state index is 0.420. The molecule has 7 heteroatoms. The standard InChI is InChI=1S/C20H23N5O2/c1-3-16(26)13-25-19(22-20(23-25)17-9-7-14(2)27-17)10-8-15-12-24-11-5-4-6-18(24)21-15/h4-7,9,11-12,16,26H,3,8,10,13H2,1-2H3. The predicted molar refractivity (Wildman–Crippen MR) is 101 cm³/mol. The van der Waals surface area contributed by atoms with Gasteiger partial charge in [-0.2, -0.15) is 0 Å². The lowest BCUT2D eigenvalue weighted by atomic mass is 10.2. The molecule has 0 aliphatic heterocycles. The number of rotatable bonds is 7. The topological polar surface area (TPSA) is 81.4 Å². The van der Waals surface area contributed by atoms with Crippen molar-refractivity contribution in [3.05, 3.63) is 60.0 Å². The molecule has 0 spiro atoms. The quantitative estimate of drug-likeness (QED) is 0.544. The first-order valence-electron chi connectivity index (χ1n) is 9.23. The van der Waals surface area contributed by atoms with Crippen molar-refractivity contribution in [2.45, 2.75) is 45.8 Å². The number of aryl methyl sites for hydroxylation is 3. The van der Waals surface area contributed by atoms with Crippen LogP contribution < -0.4 is 0 Å². The lowest BCUT2D eigenvalue weighted by Crippen LogP contribution is -2.18. The van der Waals surface area contributed by atoms with Crippen LogP contribution in [0.25, 0.3) is 17.2 Å². The van der Waals surface area contributed by atoms with Crippen LogP contribution in [0.2, 0.25) is 0 Å². The molecule has 4 aromatic heterocycles. The Hall–Kier alpha value is -2.93. The number of hydrogen-bond donors (Lipinski definition) is 1. The number of hydrogen-bond acceptors (Lipinski definition) is 5. The Bertz CT molecular complexity index is 1010. The zero-order chi connectivity index (χ0) is 18.8. The van der Waals surface area contributed by atoms with Crippen LogP contribution in [0.5, 0.6) is 0 Å². The molecular weight excluding hydrogens is 342 g/mol. The van der Waals surface area contributed by atoms with Crippen LogP contribution in [0.15, 0.2) is 47.1 Å². The third-order valence-corrected chi connectivity index (χ3v) is 4.58. The van der Waals surface area contributed by atoms with Gasteiger partial charge in [0.15, 0.2) is 5.76 Å². The van der Waals surface area contributed by atoms with Crippen LogP contribution in [-0.2, 0) is 19.4 Å². The van der Waals surface area contributed by atoms with E-state index >= 15 is 0 Å². The summed E-state index contributed by atoms with van der Waals surface area (Å²) in [5, 5.41) is 14.6. The molecular formula is C20H23N5O2. The summed E-state index contributed by atoms with van der Waals surface area (Å²) in [6.45, 7) is 4.27. The molecule has 0 saturated heterocycles. The van der Waals surface area contributed by atoms with E-state index in [1.807, 2.05) is 61.0 Å². The molecule has 4 aromatic rings. The fraction of sp³-hybridized carbons (Fsp3) is 0.350. The number of aliphatic hydroxyl groups is 1. The third kappa shape index (κ3) is 3.78. The molecule has 27 heavy (non-hydrogen) atoms. The van der Waals surface area contributed by atoms with Crippen LogP contribution >= 0.6 is 0 Å². The molecule has 1 unspecified atom stereocenters. The first kappa shape index (κ1) is 17.5. The second-order valence-corrected chi connectivity index (χ2v) is 6.70. The number of aromatic nitrogens is 5. The third-order valence-electron chi connectivity index (χ3n) is 4.58. The molecule has 4 heterocycles. The van der Waals surface area contributed by atoms with Gasteiger partial charge in [0.25, 0.3) is 0 Å². The fourth-order valence-corrected chi connectivity index (χ4v) is 3.04. The van der Waals surface area contributed by atoms with Gasteiger partial charge in [-0.25, -0.2) is 14.6 Å². The zero-order valence-corrected chi connectivity index (χ0v) is 15.5. The Morgan fingerprint density at radius 3 is 2.78 bits per heavy atom. The maximum Gasteiger partial charge on any atom is 0.217 e. The Morgan fingerprint density at radius 2 is 2.04 bits per heavy atom. The summed E-state index contributed by atoms with van der Waals surface area (Å²) in [6, 6.07) is 9.72. The summed E-state index contributed by atoms with van der Waals surface area (Å²) in [5.41, 5.74) is 1.93. The van der Waals surface area contributed by atoms with E-state index in [1.165, 1.54) is 0 Å². The van der Waals surface area contributed by atoms with Crippen LogP contribution in [0.3, 0.4) is 0 Å². The largest absolute Gasteiger partial charge is 0.458 e. The first-order chi connectivity index (χ1) is 13.1. The first-order valence-corrected chi connectivity index (χ1v) is 9.23. The molecule has 1 N–H and O–H groups in total. The molecule has 0 radical (unpaired) electrons.